The summed E-state index contributed by atoms with van der Waals surface area (Å²) in [6.07, 6.45) is 4.28. The van der Waals surface area contributed by atoms with Crippen LogP contribution in [0.15, 0.2) is 77.5 Å². The van der Waals surface area contributed by atoms with Crippen LogP contribution in [0.3, 0.4) is 0 Å². The molecule has 0 fully saturated rings. The van der Waals surface area contributed by atoms with Gasteiger partial charge in [-0.15, -0.1) is 5.10 Å². The van der Waals surface area contributed by atoms with Gasteiger partial charge in [0.05, 0.1) is 12.0 Å². The van der Waals surface area contributed by atoms with Gasteiger partial charge in [0.15, 0.2) is 11.4 Å². The van der Waals surface area contributed by atoms with E-state index in [0.29, 0.717) is 23.8 Å². The summed E-state index contributed by atoms with van der Waals surface area (Å²) >= 11 is 0. The summed E-state index contributed by atoms with van der Waals surface area (Å²) in [5, 5.41) is 7.90. The molecule has 31 heavy (non-hydrogen) atoms. The monoisotopic (exact) mass is 411 g/mol. The molecule has 0 radical (unpaired) electrons. The number of hydrogen-bond donors (Lipinski definition) is 2. The van der Waals surface area contributed by atoms with Crippen molar-refractivity contribution in [3.63, 3.8) is 0 Å². The Morgan fingerprint density at radius 1 is 1.00 bits per heavy atom. The lowest BCUT2D eigenvalue weighted by Crippen LogP contribution is -2.17. The molecule has 0 saturated carbocycles. The van der Waals surface area contributed by atoms with Gasteiger partial charge in [-0.05, 0) is 29.8 Å². The summed E-state index contributed by atoms with van der Waals surface area (Å²) < 4.78 is 6.92. The molecule has 154 valence electrons. The van der Waals surface area contributed by atoms with Crippen LogP contribution >= 0.6 is 0 Å². The van der Waals surface area contributed by atoms with E-state index in [2.05, 4.69) is 31.4 Å². The number of rotatable bonds is 7. The van der Waals surface area contributed by atoms with E-state index >= 15 is 0 Å². The van der Waals surface area contributed by atoms with E-state index in [1.807, 2.05) is 54.7 Å². The van der Waals surface area contributed by atoms with Crippen LogP contribution < -0.4 is 11.1 Å². The van der Waals surface area contributed by atoms with E-state index < -0.39 is 0 Å². The first-order valence-electron chi connectivity index (χ1n) is 10.0. The van der Waals surface area contributed by atoms with Crippen LogP contribution in [0.25, 0.3) is 28.5 Å². The fraction of sp³-hybridized carbons (Fsp3) is 0.130. The van der Waals surface area contributed by atoms with Gasteiger partial charge >= 0.3 is 0 Å². The van der Waals surface area contributed by atoms with Crippen LogP contribution in [0, 0.1) is 0 Å². The number of hydrogen-bond acceptors (Lipinski definition) is 7. The number of aromatic nitrogens is 5. The molecule has 8 nitrogen and oxygen atoms in total. The van der Waals surface area contributed by atoms with Gasteiger partial charge in [-0.2, -0.15) is 4.52 Å². The van der Waals surface area contributed by atoms with Gasteiger partial charge < -0.3 is 15.5 Å². The number of fused-ring (bicyclic) bond motifs is 1. The first-order valence-corrected chi connectivity index (χ1v) is 10.0. The minimum Gasteiger partial charge on any atom is -0.461 e. The van der Waals surface area contributed by atoms with Crippen molar-refractivity contribution in [1.82, 2.24) is 29.9 Å². The van der Waals surface area contributed by atoms with Crippen LogP contribution in [0.2, 0.25) is 0 Å². The molecule has 3 N–H and O–H groups in total. The summed E-state index contributed by atoms with van der Waals surface area (Å²) in [5.74, 6) is 1.33. The van der Waals surface area contributed by atoms with Gasteiger partial charge in [0, 0.05) is 43.0 Å². The number of nitrogen functional groups attached to an aromatic ring is 1. The quantitative estimate of drug-likeness (QED) is 0.395. The maximum atomic E-state index is 6.19. The summed E-state index contributed by atoms with van der Waals surface area (Å²) in [7, 11) is 0. The zero-order valence-electron chi connectivity index (χ0n) is 16.8. The van der Waals surface area contributed by atoms with E-state index in [4.69, 9.17) is 10.2 Å². The Labute approximate surface area is 178 Å². The lowest BCUT2D eigenvalue weighted by Gasteiger charge is -2.11. The third kappa shape index (κ3) is 4.01. The van der Waals surface area contributed by atoms with Crippen molar-refractivity contribution < 1.29 is 4.42 Å². The fourth-order valence-corrected chi connectivity index (χ4v) is 3.47. The molecular weight excluding hydrogens is 390 g/mol. The normalized spacial score (nSPS) is 11.2. The highest BCUT2D eigenvalue weighted by atomic mass is 16.3. The number of pyridine rings is 1. The maximum absolute atomic E-state index is 6.19. The van der Waals surface area contributed by atoms with Crippen molar-refractivity contribution >= 4 is 11.6 Å². The van der Waals surface area contributed by atoms with E-state index in [-0.39, 0.29) is 5.95 Å². The molecule has 0 amide bonds. The van der Waals surface area contributed by atoms with E-state index in [1.54, 1.807) is 12.3 Å². The summed E-state index contributed by atoms with van der Waals surface area (Å²) in [5.41, 5.74) is 10.8. The van der Waals surface area contributed by atoms with Crippen molar-refractivity contribution in [3.05, 3.63) is 84.4 Å². The minimum absolute atomic E-state index is 0.274. The van der Waals surface area contributed by atoms with Crippen LogP contribution in [0.1, 0.15) is 11.3 Å². The van der Waals surface area contributed by atoms with Crippen molar-refractivity contribution in [2.45, 2.75) is 13.0 Å². The van der Waals surface area contributed by atoms with Gasteiger partial charge in [-0.25, -0.2) is 9.97 Å². The highest BCUT2D eigenvalue weighted by molar-refractivity contribution is 5.69. The smallest absolute Gasteiger partial charge is 0.223 e. The number of benzene rings is 1. The Morgan fingerprint density at radius 3 is 2.74 bits per heavy atom. The first kappa shape index (κ1) is 19.0. The average molecular weight is 411 g/mol. The largest absolute Gasteiger partial charge is 0.461 e. The number of nitrogens with one attached hydrogen (secondary N) is 1. The molecule has 0 aliphatic heterocycles. The highest BCUT2D eigenvalue weighted by Gasteiger charge is 2.14. The molecule has 8 heteroatoms. The number of anilines is 1. The molecule has 1 aromatic carbocycles. The molecule has 0 saturated heterocycles. The minimum atomic E-state index is 0.274. The van der Waals surface area contributed by atoms with Crippen LogP contribution in [-0.2, 0) is 13.0 Å². The zero-order chi connectivity index (χ0) is 21.0. The molecule has 0 aliphatic rings. The third-order valence-corrected chi connectivity index (χ3v) is 4.98. The van der Waals surface area contributed by atoms with Gasteiger partial charge in [-0.3, -0.25) is 4.98 Å². The van der Waals surface area contributed by atoms with E-state index in [9.17, 15) is 0 Å². The Hall–Kier alpha value is -4.04. The molecule has 5 aromatic rings. The predicted octanol–water partition coefficient (Wildman–Crippen LogP) is 3.36. The number of nitrogens with two attached hydrogens (primary N) is 1. The SMILES string of the molecule is Nc1nc(-c2ccccc2CNCCc2ccccn2)cc2nc(-c3ccco3)nn12. The van der Waals surface area contributed by atoms with Gasteiger partial charge in [0.2, 0.25) is 11.8 Å². The predicted molar refractivity (Wildman–Crippen MR) is 118 cm³/mol. The van der Waals surface area contributed by atoms with Crippen molar-refractivity contribution in [3.8, 4) is 22.8 Å². The van der Waals surface area contributed by atoms with Gasteiger partial charge in [0.25, 0.3) is 0 Å². The summed E-state index contributed by atoms with van der Waals surface area (Å²) in [6, 6.07) is 19.6. The Bertz CT molecular complexity index is 1300. The second kappa shape index (κ2) is 8.37. The Morgan fingerprint density at radius 2 is 1.90 bits per heavy atom. The van der Waals surface area contributed by atoms with Crippen LogP contribution in [-0.4, -0.2) is 31.1 Å². The van der Waals surface area contributed by atoms with E-state index in [0.717, 1.165) is 35.5 Å². The fourth-order valence-electron chi connectivity index (χ4n) is 3.47. The molecule has 5 rings (SSSR count). The lowest BCUT2D eigenvalue weighted by molar-refractivity contribution is 0.577. The molecule has 4 aromatic heterocycles. The molecule has 0 aliphatic carbocycles. The molecule has 0 atom stereocenters. The second-order valence-electron chi connectivity index (χ2n) is 7.09. The number of furan rings is 1. The summed E-state index contributed by atoms with van der Waals surface area (Å²) in [4.78, 5) is 13.5. The molecule has 0 bridgehead atoms. The zero-order valence-corrected chi connectivity index (χ0v) is 16.8. The molecule has 0 spiro atoms. The van der Waals surface area contributed by atoms with Crippen molar-refractivity contribution in [2.75, 3.05) is 12.3 Å². The van der Waals surface area contributed by atoms with Crippen molar-refractivity contribution in [1.29, 1.82) is 0 Å². The van der Waals surface area contributed by atoms with Crippen LogP contribution in [0.5, 0.6) is 0 Å². The van der Waals surface area contributed by atoms with Gasteiger partial charge in [-0.1, -0.05) is 30.3 Å². The molecule has 0 unspecified atom stereocenters. The van der Waals surface area contributed by atoms with Gasteiger partial charge in [0.1, 0.15) is 0 Å². The maximum Gasteiger partial charge on any atom is 0.223 e. The highest BCUT2D eigenvalue weighted by Crippen LogP contribution is 2.25. The van der Waals surface area contributed by atoms with Crippen LogP contribution in [0.4, 0.5) is 5.95 Å². The standard InChI is InChI=1S/C23H21N7O/c24-23-27-19(14-21-28-22(29-30(21)23)20-9-5-13-31-20)18-8-2-1-6-16(18)15-25-12-10-17-7-3-4-11-26-17/h1-9,11,13-14,25H,10,12,15H2,(H2,24,27). The molecular formula is C23H21N7O. The Balaban J connectivity index is 1.38. The second-order valence-corrected chi connectivity index (χ2v) is 7.09. The average Bonchev–Trinajstić information content (AvgIpc) is 3.48. The summed E-state index contributed by atoms with van der Waals surface area (Å²) in [6.45, 7) is 1.54. The first-order chi connectivity index (χ1) is 15.3. The third-order valence-electron chi connectivity index (χ3n) is 4.98. The van der Waals surface area contributed by atoms with E-state index in [1.165, 1.54) is 4.52 Å². The molecule has 4 heterocycles. The topological polar surface area (TPSA) is 107 Å². The Kier molecular flexibility index (Phi) is 5.12. The van der Waals surface area contributed by atoms with Crippen molar-refractivity contribution in [2.24, 2.45) is 0 Å². The lowest BCUT2D eigenvalue weighted by atomic mass is 10.0. The number of nitrogens with zero attached hydrogens (tertiary/aromatic N) is 5.